The molecule has 0 fully saturated rings. The van der Waals surface area contributed by atoms with Crippen molar-refractivity contribution in [2.24, 2.45) is 0 Å². The first-order chi connectivity index (χ1) is 71.4. The van der Waals surface area contributed by atoms with Crippen LogP contribution in [0.25, 0.3) is 204 Å². The second-order valence-electron chi connectivity index (χ2n) is 36.9. The first-order valence-corrected chi connectivity index (χ1v) is 50.2. The summed E-state index contributed by atoms with van der Waals surface area (Å²) in [6.45, 7) is 0. The predicted molar refractivity (Wildman–Crippen MR) is 612 cm³/mol. The number of hydrogen-bond acceptors (Lipinski definition) is 2. The molecule has 29 rings (SSSR count). The Bertz CT molecular complexity index is 8930. The van der Waals surface area contributed by atoms with Gasteiger partial charge in [0.25, 0.3) is 0 Å². The van der Waals surface area contributed by atoms with E-state index in [0.29, 0.717) is 6.06 Å². The van der Waals surface area contributed by atoms with Crippen molar-refractivity contribution >= 4 is 126 Å². The normalized spacial score (nSPS) is 12.1. The molecule has 0 N–H and O–H groups in total. The minimum atomic E-state index is -0.367. The molecule has 22 aromatic carbocycles. The highest BCUT2D eigenvalue weighted by molar-refractivity contribution is 7.19. The third kappa shape index (κ3) is 15.2. The van der Waals surface area contributed by atoms with Gasteiger partial charge in [0.15, 0.2) is 0 Å². The fourth-order valence-corrected chi connectivity index (χ4v) is 23.1. The molecule has 144 heavy (non-hydrogen) atoms. The molecule has 0 aliphatic heterocycles. The maximum absolute atomic E-state index is 4.81. The molecule has 2 radical (unpaired) electrons. The molecule has 0 saturated heterocycles. The fraction of sp³-hybridized carbons (Fsp3) is 0.0219. The first-order valence-electron chi connectivity index (χ1n) is 49.4. The lowest BCUT2D eigenvalue weighted by molar-refractivity contribution is 0.768. The van der Waals surface area contributed by atoms with E-state index >= 15 is 0 Å². The van der Waals surface area contributed by atoms with E-state index in [0.717, 1.165) is 21.8 Å². The highest BCUT2D eigenvalue weighted by Crippen LogP contribution is 2.57. The Morgan fingerprint density at radius 3 is 0.812 bits per heavy atom. The van der Waals surface area contributed by atoms with Crippen molar-refractivity contribution in [1.82, 2.24) is 23.7 Å². The van der Waals surface area contributed by atoms with Crippen LogP contribution in [0.15, 0.2) is 546 Å². The van der Waals surface area contributed by atoms with Crippen LogP contribution in [0.5, 0.6) is 0 Å². The molecule has 676 valence electrons. The van der Waals surface area contributed by atoms with Gasteiger partial charge in [-0.3, -0.25) is 9.97 Å². The van der Waals surface area contributed by atoms with Gasteiger partial charge in [0, 0.05) is 78.5 Å². The summed E-state index contributed by atoms with van der Waals surface area (Å²) < 4.78 is 7.11. The quantitative estimate of drug-likeness (QED) is 0.0560. The average Bonchev–Trinajstić information content (AvgIpc) is 1.61. The van der Waals surface area contributed by atoms with Gasteiger partial charge in [-0.05, 0) is 223 Å². The summed E-state index contributed by atoms with van der Waals surface area (Å²) in [6.07, 6.45) is 3.75. The summed E-state index contributed by atoms with van der Waals surface area (Å²) in [5.41, 5.74) is 39.5. The largest absolute Gasteiger partial charge is 0.309 e. The van der Waals surface area contributed by atoms with E-state index < -0.39 is 0 Å². The number of benzene rings is 22. The number of nitrogens with zero attached hydrogens (tertiary/aromatic N) is 5. The SMILES string of the molecule is [B]CP.c1ccc(-c2c3ccccc3c(-c3ccc(C4c5ccccc5-c5ccccc54)cc3)c3ccccc23)cc1.c1ccc(-c2ccnc3c2ccc2c(-c4ccccc4)ccnc23)cc1.c1ccc(C2(c3ccc(-n4c5ccccc5c5ccccc54)cc3)c3ccccc3-c3ccccc32)cc1.c1ccc2c(c1)c1ccccc1n2-c1ccc(-c2ccc(-n3c4ccccc4c4ccccc43)cc2)cc1. The van der Waals surface area contributed by atoms with Crippen LogP contribution < -0.4 is 0 Å². The number of pyridine rings is 2. The molecule has 0 amide bonds. The Kier molecular flexibility index (Phi) is 23.1. The van der Waals surface area contributed by atoms with Crippen molar-refractivity contribution < 1.29 is 0 Å². The maximum atomic E-state index is 4.81. The second kappa shape index (κ2) is 38.0. The first kappa shape index (κ1) is 87.6. The minimum Gasteiger partial charge on any atom is -0.309 e. The molecule has 2 aliphatic rings. The van der Waals surface area contributed by atoms with Gasteiger partial charge < -0.3 is 13.7 Å². The lowest BCUT2D eigenvalue weighted by Gasteiger charge is -2.34. The van der Waals surface area contributed by atoms with Gasteiger partial charge >= 0.3 is 0 Å². The molecule has 5 aromatic heterocycles. The zero-order chi connectivity index (χ0) is 96.0. The van der Waals surface area contributed by atoms with Crippen LogP contribution in [0.3, 0.4) is 0 Å². The van der Waals surface area contributed by atoms with Gasteiger partial charge in [-0.1, -0.05) is 455 Å². The molecule has 1 atom stereocenters. The van der Waals surface area contributed by atoms with Crippen molar-refractivity contribution in [1.29, 1.82) is 0 Å². The van der Waals surface area contributed by atoms with E-state index in [-0.39, 0.29) is 11.3 Å². The molecule has 7 heteroatoms. The van der Waals surface area contributed by atoms with Gasteiger partial charge in [0.1, 0.15) is 0 Å². The average molecular weight is 1850 g/mol. The Morgan fingerprint density at radius 2 is 0.465 bits per heavy atom. The lowest BCUT2D eigenvalue weighted by atomic mass is 9.68. The molecule has 1 unspecified atom stereocenters. The summed E-state index contributed by atoms with van der Waals surface area (Å²) in [5.74, 6) is 0.264. The Labute approximate surface area is 840 Å². The van der Waals surface area contributed by atoms with E-state index in [4.69, 9.17) is 7.85 Å². The van der Waals surface area contributed by atoms with E-state index in [1.165, 1.54) is 221 Å². The monoisotopic (exact) mass is 1850 g/mol. The van der Waals surface area contributed by atoms with Gasteiger partial charge in [-0.15, -0.1) is 9.24 Å². The summed E-state index contributed by atoms with van der Waals surface area (Å²) in [4.78, 5) is 9.34. The third-order valence-electron chi connectivity index (χ3n) is 29.2. The van der Waals surface area contributed by atoms with E-state index in [2.05, 4.69) is 555 Å². The fourth-order valence-electron chi connectivity index (χ4n) is 23.1. The van der Waals surface area contributed by atoms with Crippen LogP contribution in [0, 0.1) is 0 Å². The standard InChI is InChI=1S/C39H26.C37H25N.C36H24N2.C24H16N2.CH4BP/c1-2-12-26(13-3-1)37-33-18-8-10-20-35(33)39(36-21-11-9-19-34(36)37)28-24-22-27(23-25-28)38-31-16-6-4-14-29(31)30-15-5-7-17-32(30)38;1-2-12-26(13-3-1)37(33-18-8-4-14-29(33)30-15-5-9-19-34(30)37)27-22-24-28(25-23-27)38-35-20-10-6-16-31(35)32-17-7-11-21-36(32)38;1-5-13-33-29(9-1)30-10-2-6-14-34(30)37(33)27-21-17-25(18-22-27)26-19-23-28(24-20-26)38-35-15-7-3-11-31(35)32-12-4-8-16-36(32)38;1-3-7-17(8-4-1)19-13-15-25-23-21(19)11-12-22-20(14-16-26-24(22)23)18-9-5-2-6-10-18;2-1-3/h1-25,38H;1-25H;1-24H;1-16H;1,3H2. The molecule has 5 heterocycles. The van der Waals surface area contributed by atoms with Crippen LogP contribution in [-0.2, 0) is 5.41 Å². The van der Waals surface area contributed by atoms with Gasteiger partial charge in [0.2, 0.25) is 0 Å². The highest BCUT2D eigenvalue weighted by atomic mass is 31.0. The Balaban J connectivity index is 0.000000101. The number of aromatic nitrogens is 5. The van der Waals surface area contributed by atoms with Gasteiger partial charge in [-0.25, -0.2) is 0 Å². The van der Waals surface area contributed by atoms with Crippen molar-refractivity contribution in [3.8, 4) is 95.0 Å². The number of para-hydroxylation sites is 6. The minimum absolute atomic E-state index is 0.264. The smallest absolute Gasteiger partial charge is 0.0970 e. The third-order valence-corrected chi connectivity index (χ3v) is 29.2. The summed E-state index contributed by atoms with van der Waals surface area (Å²) in [6, 6.07) is 193. The van der Waals surface area contributed by atoms with Crippen molar-refractivity contribution in [3.05, 3.63) is 585 Å². The highest BCUT2D eigenvalue weighted by Gasteiger charge is 2.46. The van der Waals surface area contributed by atoms with Crippen LogP contribution in [0.4, 0.5) is 0 Å². The van der Waals surface area contributed by atoms with E-state index in [1.807, 2.05) is 24.5 Å². The van der Waals surface area contributed by atoms with Gasteiger partial charge in [0.05, 0.1) is 57.4 Å². The molecule has 0 saturated carbocycles. The van der Waals surface area contributed by atoms with Crippen LogP contribution >= 0.6 is 9.24 Å². The molecule has 5 nitrogen and oxygen atoms in total. The van der Waals surface area contributed by atoms with Gasteiger partial charge in [-0.2, -0.15) is 0 Å². The summed E-state index contributed by atoms with van der Waals surface area (Å²) in [7, 11) is 7.17. The second-order valence-corrected chi connectivity index (χ2v) is 37.4. The number of rotatable bonds is 11. The topological polar surface area (TPSA) is 40.6 Å². The van der Waals surface area contributed by atoms with Crippen molar-refractivity contribution in [2.45, 2.75) is 11.3 Å². The molecule has 2 aliphatic carbocycles. The summed E-state index contributed by atoms with van der Waals surface area (Å²) >= 11 is 0. The van der Waals surface area contributed by atoms with Crippen LogP contribution in [0.1, 0.15) is 44.9 Å². The molecule has 0 bridgehead atoms. The van der Waals surface area contributed by atoms with E-state index in [1.54, 1.807) is 0 Å². The molecule has 0 spiro atoms. The lowest BCUT2D eigenvalue weighted by Crippen LogP contribution is -2.28. The van der Waals surface area contributed by atoms with Crippen molar-refractivity contribution in [3.63, 3.8) is 0 Å². The number of hydrogen-bond donors (Lipinski definition) is 0. The Morgan fingerprint density at radius 1 is 0.208 bits per heavy atom. The molecular formula is C137H95BN5P. The molecule has 27 aromatic rings. The Hall–Kier alpha value is -17.9. The van der Waals surface area contributed by atoms with E-state index in [9.17, 15) is 0 Å². The predicted octanol–water partition coefficient (Wildman–Crippen LogP) is 35.3. The summed E-state index contributed by atoms with van der Waals surface area (Å²) in [5, 5.41) is 15.1. The van der Waals surface area contributed by atoms with Crippen molar-refractivity contribution in [2.75, 3.05) is 6.06 Å². The zero-order valence-corrected chi connectivity index (χ0v) is 80.3. The van der Waals surface area contributed by atoms with Crippen LogP contribution in [-0.4, -0.2) is 37.6 Å². The number of fused-ring (bicyclic) bond motifs is 20. The van der Waals surface area contributed by atoms with Crippen LogP contribution in [0.2, 0.25) is 0 Å². The molecular weight excluding hydrogens is 1760 g/mol. The zero-order valence-electron chi connectivity index (χ0n) is 79.1. The maximum Gasteiger partial charge on any atom is 0.0970 e.